The van der Waals surface area contributed by atoms with Crippen molar-refractivity contribution in [2.45, 2.75) is 12.8 Å². The van der Waals surface area contributed by atoms with Crippen LogP contribution < -0.4 is 0 Å². The zero-order valence-corrected chi connectivity index (χ0v) is 9.26. The van der Waals surface area contributed by atoms with E-state index in [2.05, 4.69) is 0 Å². The van der Waals surface area contributed by atoms with Crippen molar-refractivity contribution in [3.05, 3.63) is 46.4 Å². The number of benzene rings is 1. The van der Waals surface area contributed by atoms with Crippen molar-refractivity contribution in [2.24, 2.45) is 0 Å². The fraction of sp³-hybridized carbons (Fsp3) is 0.250. The summed E-state index contributed by atoms with van der Waals surface area (Å²) >= 11 is 5.62. The second-order valence-corrected chi connectivity index (χ2v) is 3.96. The minimum absolute atomic E-state index is 0.00394. The summed E-state index contributed by atoms with van der Waals surface area (Å²) in [7, 11) is 0. The molecule has 84 valence electrons. The van der Waals surface area contributed by atoms with E-state index in [1.165, 1.54) is 18.4 Å². The van der Waals surface area contributed by atoms with Crippen molar-refractivity contribution in [2.75, 3.05) is 6.61 Å². The Labute approximate surface area is 97.7 Å². The molecule has 0 atom stereocenters. The van der Waals surface area contributed by atoms with E-state index in [1.807, 2.05) is 0 Å². The second-order valence-electron chi connectivity index (χ2n) is 3.55. The Kier molecular flexibility index (Phi) is 3.25. The third-order valence-corrected chi connectivity index (χ3v) is 2.71. The third-order valence-electron chi connectivity index (χ3n) is 2.42. The largest absolute Gasteiger partial charge is 0.501 e. The zero-order chi connectivity index (χ0) is 11.5. The molecule has 1 aliphatic rings. The number of hydrogen-bond acceptors (Lipinski definition) is 2. The molecule has 0 aliphatic carbocycles. The number of hydrogen-bond donors (Lipinski definition) is 0. The average Bonchev–Trinajstić information content (AvgIpc) is 2.33. The van der Waals surface area contributed by atoms with Crippen LogP contribution in [0.2, 0.25) is 5.02 Å². The van der Waals surface area contributed by atoms with Crippen LogP contribution in [0.25, 0.3) is 0 Å². The van der Waals surface area contributed by atoms with Gasteiger partial charge >= 0.3 is 0 Å². The molecule has 1 aliphatic heterocycles. The number of Topliss-reactive ketones (excluding diaryl/α,β-unsaturated/α-hetero) is 1. The molecule has 4 heteroatoms. The predicted molar refractivity (Wildman–Crippen MR) is 59.0 cm³/mol. The van der Waals surface area contributed by atoms with Gasteiger partial charge in [0.1, 0.15) is 0 Å². The molecule has 1 aromatic rings. The van der Waals surface area contributed by atoms with Crippen molar-refractivity contribution in [3.8, 4) is 0 Å². The Morgan fingerprint density at radius 2 is 2.25 bits per heavy atom. The van der Waals surface area contributed by atoms with Crippen LogP contribution in [0.15, 0.2) is 30.0 Å². The summed E-state index contributed by atoms with van der Waals surface area (Å²) in [5.41, 5.74) is 0.497. The van der Waals surface area contributed by atoms with Gasteiger partial charge in [-0.2, -0.15) is 0 Å². The zero-order valence-electron chi connectivity index (χ0n) is 8.50. The Hall–Kier alpha value is -1.35. The van der Waals surface area contributed by atoms with E-state index in [9.17, 15) is 9.18 Å². The summed E-state index contributed by atoms with van der Waals surface area (Å²) < 4.78 is 18.6. The molecule has 1 heterocycles. The lowest BCUT2D eigenvalue weighted by Crippen LogP contribution is -2.11. The van der Waals surface area contributed by atoms with Gasteiger partial charge in [-0.05, 0) is 25.0 Å². The molecule has 0 fully saturated rings. The SMILES string of the molecule is O=C(C1=COCCC1)c1cccc(Cl)c1F. The van der Waals surface area contributed by atoms with Crippen LogP contribution in [-0.2, 0) is 4.74 Å². The number of rotatable bonds is 2. The number of halogens is 2. The highest BCUT2D eigenvalue weighted by Crippen LogP contribution is 2.23. The summed E-state index contributed by atoms with van der Waals surface area (Å²) in [6, 6.07) is 4.40. The Balaban J connectivity index is 2.33. The lowest BCUT2D eigenvalue weighted by molar-refractivity contribution is 0.101. The number of allylic oxidation sites excluding steroid dienone is 1. The van der Waals surface area contributed by atoms with Crippen molar-refractivity contribution < 1.29 is 13.9 Å². The fourth-order valence-corrected chi connectivity index (χ4v) is 1.76. The monoisotopic (exact) mass is 240 g/mol. The second kappa shape index (κ2) is 4.66. The Morgan fingerprint density at radius 1 is 1.44 bits per heavy atom. The minimum Gasteiger partial charge on any atom is -0.501 e. The van der Waals surface area contributed by atoms with E-state index in [1.54, 1.807) is 6.07 Å². The molecule has 0 saturated heterocycles. The average molecular weight is 241 g/mol. The first-order chi connectivity index (χ1) is 7.70. The lowest BCUT2D eigenvalue weighted by Gasteiger charge is -2.13. The molecular formula is C12H10ClFO2. The summed E-state index contributed by atoms with van der Waals surface area (Å²) in [6.45, 7) is 0.606. The first-order valence-electron chi connectivity index (χ1n) is 4.99. The minimum atomic E-state index is -0.666. The Morgan fingerprint density at radius 3 is 2.94 bits per heavy atom. The maximum atomic E-state index is 13.6. The van der Waals surface area contributed by atoms with Crippen molar-refractivity contribution in [1.29, 1.82) is 0 Å². The maximum Gasteiger partial charge on any atom is 0.195 e. The molecule has 2 nitrogen and oxygen atoms in total. The first kappa shape index (κ1) is 11.1. The van der Waals surface area contributed by atoms with Gasteiger partial charge in [0, 0.05) is 5.57 Å². The molecule has 0 aromatic heterocycles. The highest BCUT2D eigenvalue weighted by atomic mass is 35.5. The predicted octanol–water partition coefficient (Wildman–Crippen LogP) is 3.36. The molecule has 0 radical (unpaired) electrons. The van der Waals surface area contributed by atoms with Crippen LogP contribution in [0.5, 0.6) is 0 Å². The van der Waals surface area contributed by atoms with Crippen LogP contribution in [0, 0.1) is 5.82 Å². The van der Waals surface area contributed by atoms with Crippen LogP contribution in [0.4, 0.5) is 4.39 Å². The first-order valence-corrected chi connectivity index (χ1v) is 5.37. The molecular weight excluding hydrogens is 231 g/mol. The normalized spacial score (nSPS) is 15.2. The maximum absolute atomic E-state index is 13.6. The van der Waals surface area contributed by atoms with Crippen LogP contribution in [0.3, 0.4) is 0 Å². The van der Waals surface area contributed by atoms with Crippen molar-refractivity contribution >= 4 is 17.4 Å². The Bertz CT molecular complexity index is 454. The summed E-state index contributed by atoms with van der Waals surface area (Å²) in [4.78, 5) is 11.9. The topological polar surface area (TPSA) is 26.3 Å². The van der Waals surface area contributed by atoms with Gasteiger partial charge in [0.2, 0.25) is 0 Å². The number of ketones is 1. The van der Waals surface area contributed by atoms with Gasteiger partial charge in [-0.15, -0.1) is 0 Å². The van der Waals surface area contributed by atoms with Crippen LogP contribution in [-0.4, -0.2) is 12.4 Å². The number of ether oxygens (including phenoxy) is 1. The van der Waals surface area contributed by atoms with Crippen LogP contribution in [0.1, 0.15) is 23.2 Å². The molecule has 0 N–H and O–H groups in total. The molecule has 0 unspecified atom stereocenters. The molecule has 1 aromatic carbocycles. The van der Waals surface area contributed by atoms with E-state index in [4.69, 9.17) is 16.3 Å². The van der Waals surface area contributed by atoms with Gasteiger partial charge in [0.05, 0.1) is 23.5 Å². The molecule has 0 bridgehead atoms. The lowest BCUT2D eigenvalue weighted by atomic mass is 9.99. The highest BCUT2D eigenvalue weighted by molar-refractivity contribution is 6.31. The molecule has 0 spiro atoms. The van der Waals surface area contributed by atoms with Crippen LogP contribution >= 0.6 is 11.6 Å². The van der Waals surface area contributed by atoms with Gasteiger partial charge in [-0.1, -0.05) is 17.7 Å². The quantitative estimate of drug-likeness (QED) is 0.741. The fourth-order valence-electron chi connectivity index (χ4n) is 1.58. The van der Waals surface area contributed by atoms with E-state index in [-0.39, 0.29) is 16.4 Å². The standard InChI is InChI=1S/C12H10ClFO2/c13-10-5-1-4-9(11(10)14)12(15)8-3-2-6-16-7-8/h1,4-5,7H,2-3,6H2. The van der Waals surface area contributed by atoms with Gasteiger partial charge < -0.3 is 4.74 Å². The van der Waals surface area contributed by atoms with Gasteiger partial charge in [-0.3, -0.25) is 4.79 Å². The van der Waals surface area contributed by atoms with Gasteiger partial charge in [0.25, 0.3) is 0 Å². The van der Waals surface area contributed by atoms with Gasteiger partial charge in [0.15, 0.2) is 11.6 Å². The van der Waals surface area contributed by atoms with Gasteiger partial charge in [-0.25, -0.2) is 4.39 Å². The van der Waals surface area contributed by atoms with Crippen molar-refractivity contribution in [1.82, 2.24) is 0 Å². The number of carbonyl (C=O) groups is 1. The van der Waals surface area contributed by atoms with E-state index < -0.39 is 5.82 Å². The third kappa shape index (κ3) is 2.09. The summed E-state index contributed by atoms with van der Waals surface area (Å²) in [5, 5.41) is -0.0387. The highest BCUT2D eigenvalue weighted by Gasteiger charge is 2.19. The van der Waals surface area contributed by atoms with E-state index >= 15 is 0 Å². The summed E-state index contributed by atoms with van der Waals surface area (Å²) in [6.07, 6.45) is 2.80. The molecule has 0 amide bonds. The molecule has 2 rings (SSSR count). The number of carbonyl (C=O) groups excluding carboxylic acids is 1. The van der Waals surface area contributed by atoms with E-state index in [0.29, 0.717) is 18.6 Å². The van der Waals surface area contributed by atoms with E-state index in [0.717, 1.165) is 6.42 Å². The molecule has 0 saturated carbocycles. The molecule has 16 heavy (non-hydrogen) atoms. The summed E-state index contributed by atoms with van der Waals surface area (Å²) in [5.74, 6) is -1.01. The smallest absolute Gasteiger partial charge is 0.195 e. The van der Waals surface area contributed by atoms with Crippen molar-refractivity contribution in [3.63, 3.8) is 0 Å².